The smallest absolute Gasteiger partial charge is 0.266 e. The number of likely N-dealkylation sites (tertiary alicyclic amines) is 1. The summed E-state index contributed by atoms with van der Waals surface area (Å²) in [6.45, 7) is 4.42. The van der Waals surface area contributed by atoms with Gasteiger partial charge in [-0.15, -0.1) is 0 Å². The molecule has 0 unspecified atom stereocenters. The molecule has 0 atom stereocenters. The predicted octanol–water partition coefficient (Wildman–Crippen LogP) is 1.24. The van der Waals surface area contributed by atoms with Gasteiger partial charge in [0.15, 0.2) is 0 Å². The fourth-order valence-electron chi connectivity index (χ4n) is 3.11. The number of carbonyl (C=O) groups is 2. The van der Waals surface area contributed by atoms with Gasteiger partial charge in [0.1, 0.15) is 4.90 Å². The van der Waals surface area contributed by atoms with Crippen LogP contribution in [-0.2, 0) is 19.7 Å². The van der Waals surface area contributed by atoms with Crippen LogP contribution in [0.3, 0.4) is 0 Å². The average molecular weight is 461 g/mol. The van der Waals surface area contributed by atoms with E-state index >= 15 is 0 Å². The zero-order valence-corrected chi connectivity index (χ0v) is 19.1. The Morgan fingerprint density at radius 3 is 2.57 bits per heavy atom. The molecular formula is C19H29ClN4O5S. The van der Waals surface area contributed by atoms with Gasteiger partial charge in [0.05, 0.1) is 18.7 Å². The van der Waals surface area contributed by atoms with Crippen LogP contribution >= 0.6 is 11.6 Å². The first-order valence-electron chi connectivity index (χ1n) is 9.81. The van der Waals surface area contributed by atoms with Crippen LogP contribution in [0, 0.1) is 0 Å². The van der Waals surface area contributed by atoms with Gasteiger partial charge in [-0.1, -0.05) is 23.0 Å². The van der Waals surface area contributed by atoms with Gasteiger partial charge in [0.2, 0.25) is 5.91 Å². The molecule has 0 aliphatic carbocycles. The number of nitrogens with zero attached hydrogens (tertiary/aromatic N) is 2. The lowest BCUT2D eigenvalue weighted by molar-refractivity contribution is -0.122. The number of rotatable bonds is 9. The lowest BCUT2D eigenvalue weighted by Gasteiger charge is -2.31. The quantitative estimate of drug-likeness (QED) is 0.537. The summed E-state index contributed by atoms with van der Waals surface area (Å²) in [5, 5.41) is 5.80. The van der Waals surface area contributed by atoms with Crippen LogP contribution in [0.1, 0.15) is 36.5 Å². The van der Waals surface area contributed by atoms with Gasteiger partial charge in [0.25, 0.3) is 15.9 Å². The Kier molecular flexibility index (Phi) is 9.05. The highest BCUT2D eigenvalue weighted by Gasteiger charge is 2.26. The second-order valence-corrected chi connectivity index (χ2v) is 9.43. The second-order valence-electron chi connectivity index (χ2n) is 7.12. The second kappa shape index (κ2) is 11.1. The van der Waals surface area contributed by atoms with Crippen molar-refractivity contribution in [3.8, 4) is 0 Å². The molecule has 30 heavy (non-hydrogen) atoms. The molecule has 9 nitrogen and oxygen atoms in total. The van der Waals surface area contributed by atoms with E-state index in [2.05, 4.69) is 15.5 Å². The molecule has 1 saturated heterocycles. The van der Waals surface area contributed by atoms with Crippen LogP contribution in [0.15, 0.2) is 23.1 Å². The molecule has 0 saturated carbocycles. The Balaban J connectivity index is 1.96. The van der Waals surface area contributed by atoms with E-state index in [1.165, 1.54) is 32.4 Å². The number of benzene rings is 1. The van der Waals surface area contributed by atoms with Crippen molar-refractivity contribution < 1.29 is 22.8 Å². The zero-order chi connectivity index (χ0) is 22.3. The third kappa shape index (κ3) is 6.39. The minimum Gasteiger partial charge on any atom is -0.355 e. The standard InChI is InChI=1S/C19H29ClN4O5S/c1-4-9-21-18(25)13-24-10-7-15(8-11-24)22-19(26)14-5-6-16(20)17(12-14)30(27,28)23(2)29-3/h5-6,12,15H,4,7-11,13H2,1-3H3,(H,21,25)(H,22,26). The third-order valence-corrected chi connectivity index (χ3v) is 7.09. The van der Waals surface area contributed by atoms with Crippen molar-refractivity contribution in [1.29, 1.82) is 0 Å². The average Bonchev–Trinajstić information content (AvgIpc) is 2.73. The number of halogens is 1. The Morgan fingerprint density at radius 2 is 1.97 bits per heavy atom. The SMILES string of the molecule is CCCNC(=O)CN1CCC(NC(=O)c2ccc(Cl)c(S(=O)(=O)N(C)OC)c2)CC1. The van der Waals surface area contributed by atoms with Gasteiger partial charge in [-0.25, -0.2) is 8.42 Å². The molecule has 2 rings (SSSR count). The monoisotopic (exact) mass is 460 g/mol. The number of hydroxylamine groups is 1. The Bertz CT molecular complexity index is 856. The van der Waals surface area contributed by atoms with Crippen molar-refractivity contribution in [2.24, 2.45) is 0 Å². The number of hydrogen-bond acceptors (Lipinski definition) is 6. The number of carbonyl (C=O) groups excluding carboxylic acids is 2. The predicted molar refractivity (Wildman–Crippen MR) is 114 cm³/mol. The molecule has 0 spiro atoms. The maximum atomic E-state index is 12.6. The fraction of sp³-hybridized carbons (Fsp3) is 0.579. The molecule has 11 heteroatoms. The largest absolute Gasteiger partial charge is 0.355 e. The highest BCUT2D eigenvalue weighted by atomic mass is 35.5. The molecule has 2 amide bonds. The summed E-state index contributed by atoms with van der Waals surface area (Å²) >= 11 is 6.04. The van der Waals surface area contributed by atoms with Crippen LogP contribution < -0.4 is 10.6 Å². The third-order valence-electron chi connectivity index (χ3n) is 4.93. The van der Waals surface area contributed by atoms with Crippen LogP contribution in [-0.4, -0.2) is 76.0 Å². The van der Waals surface area contributed by atoms with Gasteiger partial charge in [-0.2, -0.15) is 0 Å². The van der Waals surface area contributed by atoms with Crippen molar-refractivity contribution in [1.82, 2.24) is 20.0 Å². The van der Waals surface area contributed by atoms with Crippen LogP contribution in [0.4, 0.5) is 0 Å². The van der Waals surface area contributed by atoms with Gasteiger partial charge < -0.3 is 10.6 Å². The van der Waals surface area contributed by atoms with Crippen LogP contribution in [0.5, 0.6) is 0 Å². The van der Waals surface area contributed by atoms with E-state index in [-0.39, 0.29) is 33.3 Å². The first-order chi connectivity index (χ1) is 14.2. The molecule has 1 aliphatic rings. The van der Waals surface area contributed by atoms with Crippen LogP contribution in [0.25, 0.3) is 0 Å². The first kappa shape index (κ1) is 24.5. The number of nitrogens with one attached hydrogen (secondary N) is 2. The van der Waals surface area contributed by atoms with E-state index < -0.39 is 10.0 Å². The number of amides is 2. The van der Waals surface area contributed by atoms with E-state index in [0.717, 1.165) is 6.42 Å². The van der Waals surface area contributed by atoms with Gasteiger partial charge in [0, 0.05) is 38.3 Å². The molecular weight excluding hydrogens is 432 g/mol. The summed E-state index contributed by atoms with van der Waals surface area (Å²) in [5.41, 5.74) is 0.198. The Hall–Kier alpha value is -1.72. The Morgan fingerprint density at radius 1 is 1.30 bits per heavy atom. The summed E-state index contributed by atoms with van der Waals surface area (Å²) in [5.74, 6) is -0.363. The Labute approximate surface area is 182 Å². The molecule has 168 valence electrons. The van der Waals surface area contributed by atoms with E-state index in [1.54, 1.807) is 0 Å². The van der Waals surface area contributed by atoms with Crippen LogP contribution in [0.2, 0.25) is 5.02 Å². The van der Waals surface area contributed by atoms with Gasteiger partial charge in [-0.05, 0) is 37.5 Å². The number of sulfonamides is 1. The molecule has 1 aliphatic heterocycles. The lowest BCUT2D eigenvalue weighted by Crippen LogP contribution is -2.47. The zero-order valence-electron chi connectivity index (χ0n) is 17.5. The van der Waals surface area contributed by atoms with Crippen molar-refractivity contribution in [2.45, 2.75) is 37.1 Å². The molecule has 0 aromatic heterocycles. The van der Waals surface area contributed by atoms with Crippen molar-refractivity contribution in [2.75, 3.05) is 40.3 Å². The molecule has 0 bridgehead atoms. The topological polar surface area (TPSA) is 108 Å². The summed E-state index contributed by atoms with van der Waals surface area (Å²) in [4.78, 5) is 31.1. The minimum atomic E-state index is -3.98. The highest BCUT2D eigenvalue weighted by Crippen LogP contribution is 2.25. The lowest BCUT2D eigenvalue weighted by atomic mass is 10.0. The van der Waals surface area contributed by atoms with E-state index in [4.69, 9.17) is 16.4 Å². The molecule has 1 aromatic rings. The summed E-state index contributed by atoms with van der Waals surface area (Å²) < 4.78 is 25.7. The molecule has 1 aromatic carbocycles. The molecule has 1 fully saturated rings. The first-order valence-corrected chi connectivity index (χ1v) is 11.6. The van der Waals surface area contributed by atoms with E-state index in [1.807, 2.05) is 6.92 Å². The minimum absolute atomic E-state index is 0.00473. The highest BCUT2D eigenvalue weighted by molar-refractivity contribution is 7.89. The summed E-state index contributed by atoms with van der Waals surface area (Å²) in [6, 6.07) is 4.06. The van der Waals surface area contributed by atoms with Gasteiger partial charge in [-0.3, -0.25) is 19.3 Å². The fourth-order valence-corrected chi connectivity index (χ4v) is 4.58. The van der Waals surface area contributed by atoms with E-state index in [9.17, 15) is 18.0 Å². The van der Waals surface area contributed by atoms with Crippen molar-refractivity contribution in [3.63, 3.8) is 0 Å². The summed E-state index contributed by atoms with van der Waals surface area (Å²) in [7, 11) is -1.51. The maximum absolute atomic E-state index is 12.6. The maximum Gasteiger partial charge on any atom is 0.266 e. The molecule has 0 radical (unpaired) electrons. The number of piperidine rings is 1. The number of hydrogen-bond donors (Lipinski definition) is 2. The van der Waals surface area contributed by atoms with Gasteiger partial charge >= 0.3 is 0 Å². The van der Waals surface area contributed by atoms with Crippen molar-refractivity contribution >= 4 is 33.4 Å². The molecule has 2 N–H and O–H groups in total. The van der Waals surface area contributed by atoms with E-state index in [0.29, 0.717) is 43.5 Å². The summed E-state index contributed by atoms with van der Waals surface area (Å²) in [6.07, 6.45) is 2.31. The molecule has 1 heterocycles. The van der Waals surface area contributed by atoms with Crippen molar-refractivity contribution in [3.05, 3.63) is 28.8 Å². The normalized spacial score (nSPS) is 15.9.